The molecule has 1 fully saturated rings. The molecule has 0 radical (unpaired) electrons. The van der Waals surface area contributed by atoms with Crippen LogP contribution in [0.1, 0.15) is 54.0 Å². The van der Waals surface area contributed by atoms with Gasteiger partial charge in [0.15, 0.2) is 0 Å². The second kappa shape index (κ2) is 10.0. The van der Waals surface area contributed by atoms with Gasteiger partial charge in [-0.15, -0.1) is 0 Å². The van der Waals surface area contributed by atoms with Crippen molar-refractivity contribution >= 4 is 15.9 Å². The maximum absolute atomic E-state index is 12.9. The van der Waals surface area contributed by atoms with Gasteiger partial charge in [-0.25, -0.2) is 13.1 Å². The molecular formula is C22H37N3O3S. The van der Waals surface area contributed by atoms with E-state index in [1.807, 2.05) is 34.6 Å². The Hall–Kier alpha value is -1.44. The van der Waals surface area contributed by atoms with Crippen LogP contribution in [-0.2, 0) is 14.8 Å². The number of hydrogen-bond donors (Lipinski definition) is 2. The second-order valence-corrected chi connectivity index (χ2v) is 10.2. The fourth-order valence-electron chi connectivity index (χ4n) is 3.97. The Balaban J connectivity index is 1.84. The number of piperidine rings is 1. The first-order valence-electron chi connectivity index (χ1n) is 10.6. The number of nitrogens with zero attached hydrogens (tertiary/aromatic N) is 1. The Morgan fingerprint density at radius 1 is 0.931 bits per heavy atom. The van der Waals surface area contributed by atoms with Gasteiger partial charge in [-0.1, -0.05) is 6.92 Å². The number of carbonyl (C=O) groups is 1. The molecule has 1 saturated heterocycles. The maximum atomic E-state index is 12.9. The van der Waals surface area contributed by atoms with E-state index < -0.39 is 10.0 Å². The SMILES string of the molecule is Cc1c(C)c(C)c(S(=O)(=O)NCCC(=O)NCCN2CCC(C)CC2)c(C)c1C. The molecule has 1 aromatic rings. The Bertz CT molecular complexity index is 812. The topological polar surface area (TPSA) is 78.5 Å². The minimum Gasteiger partial charge on any atom is -0.355 e. The third-order valence-electron chi connectivity index (χ3n) is 6.47. The molecule has 0 aliphatic carbocycles. The van der Waals surface area contributed by atoms with Gasteiger partial charge in [0.2, 0.25) is 15.9 Å². The highest BCUT2D eigenvalue weighted by molar-refractivity contribution is 7.89. The maximum Gasteiger partial charge on any atom is 0.241 e. The van der Waals surface area contributed by atoms with Crippen LogP contribution < -0.4 is 10.0 Å². The summed E-state index contributed by atoms with van der Waals surface area (Å²) < 4.78 is 28.3. The van der Waals surface area contributed by atoms with Crippen LogP contribution in [-0.4, -0.2) is 51.9 Å². The van der Waals surface area contributed by atoms with Crippen LogP contribution in [0.3, 0.4) is 0 Å². The van der Waals surface area contributed by atoms with Crippen LogP contribution in [0.5, 0.6) is 0 Å². The van der Waals surface area contributed by atoms with E-state index in [0.717, 1.165) is 53.4 Å². The van der Waals surface area contributed by atoms with Gasteiger partial charge >= 0.3 is 0 Å². The summed E-state index contributed by atoms with van der Waals surface area (Å²) in [6.45, 7) is 15.6. The summed E-state index contributed by atoms with van der Waals surface area (Å²) in [7, 11) is -3.66. The summed E-state index contributed by atoms with van der Waals surface area (Å²) >= 11 is 0. The van der Waals surface area contributed by atoms with E-state index in [1.54, 1.807) is 0 Å². The molecule has 1 amide bonds. The molecule has 29 heavy (non-hydrogen) atoms. The number of rotatable bonds is 8. The average molecular weight is 424 g/mol. The van der Waals surface area contributed by atoms with Gasteiger partial charge in [0.25, 0.3) is 0 Å². The predicted molar refractivity (Wildman–Crippen MR) is 118 cm³/mol. The molecule has 0 bridgehead atoms. The number of sulfonamides is 1. The fraction of sp³-hybridized carbons (Fsp3) is 0.682. The van der Waals surface area contributed by atoms with Crippen molar-refractivity contribution in [3.8, 4) is 0 Å². The zero-order valence-electron chi connectivity index (χ0n) is 18.8. The molecule has 2 N–H and O–H groups in total. The van der Waals surface area contributed by atoms with Gasteiger partial charge in [-0.2, -0.15) is 0 Å². The molecule has 1 aromatic carbocycles. The first-order chi connectivity index (χ1) is 13.5. The summed E-state index contributed by atoms with van der Waals surface area (Å²) in [5.41, 5.74) is 4.68. The average Bonchev–Trinajstić information content (AvgIpc) is 2.66. The molecule has 0 spiro atoms. The van der Waals surface area contributed by atoms with Crippen LogP contribution in [0, 0.1) is 40.5 Å². The normalized spacial score (nSPS) is 16.2. The van der Waals surface area contributed by atoms with Crippen molar-refractivity contribution in [3.05, 3.63) is 27.8 Å². The molecule has 0 saturated carbocycles. The van der Waals surface area contributed by atoms with Gasteiger partial charge in [0.05, 0.1) is 4.90 Å². The zero-order chi connectivity index (χ0) is 21.8. The van der Waals surface area contributed by atoms with Gasteiger partial charge < -0.3 is 10.2 Å². The van der Waals surface area contributed by atoms with Crippen molar-refractivity contribution in [1.82, 2.24) is 14.9 Å². The summed E-state index contributed by atoms with van der Waals surface area (Å²) in [6, 6.07) is 0. The zero-order valence-corrected chi connectivity index (χ0v) is 19.6. The summed E-state index contributed by atoms with van der Waals surface area (Å²) in [6.07, 6.45) is 2.57. The van der Waals surface area contributed by atoms with Crippen molar-refractivity contribution in [2.45, 2.75) is 65.7 Å². The summed E-state index contributed by atoms with van der Waals surface area (Å²) in [4.78, 5) is 14.8. The van der Waals surface area contributed by atoms with Crippen molar-refractivity contribution in [3.63, 3.8) is 0 Å². The molecule has 0 unspecified atom stereocenters. The number of amides is 1. The lowest BCUT2D eigenvalue weighted by Crippen LogP contribution is -2.39. The Labute approximate surface area is 176 Å². The van der Waals surface area contributed by atoms with E-state index in [1.165, 1.54) is 12.8 Å². The Kier molecular flexibility index (Phi) is 8.26. The molecule has 1 aliphatic rings. The van der Waals surface area contributed by atoms with Crippen LogP contribution in [0.4, 0.5) is 0 Å². The molecule has 1 aliphatic heterocycles. The molecular weight excluding hydrogens is 386 g/mol. The van der Waals surface area contributed by atoms with Gasteiger partial charge in [0, 0.05) is 26.1 Å². The molecule has 0 atom stereocenters. The van der Waals surface area contributed by atoms with E-state index in [9.17, 15) is 13.2 Å². The van der Waals surface area contributed by atoms with Gasteiger partial charge in [-0.3, -0.25) is 4.79 Å². The number of benzene rings is 1. The first kappa shape index (κ1) is 23.8. The van der Waals surface area contributed by atoms with Crippen LogP contribution >= 0.6 is 0 Å². The van der Waals surface area contributed by atoms with Crippen LogP contribution in [0.15, 0.2) is 4.90 Å². The number of likely N-dealkylation sites (tertiary alicyclic amines) is 1. The molecule has 164 valence electrons. The Morgan fingerprint density at radius 3 is 2.00 bits per heavy atom. The first-order valence-corrected chi connectivity index (χ1v) is 12.1. The highest BCUT2D eigenvalue weighted by atomic mass is 32.2. The van der Waals surface area contributed by atoms with E-state index in [0.29, 0.717) is 11.4 Å². The van der Waals surface area contributed by atoms with E-state index in [-0.39, 0.29) is 18.9 Å². The third-order valence-corrected chi connectivity index (χ3v) is 8.20. The minimum atomic E-state index is -3.66. The monoisotopic (exact) mass is 423 g/mol. The number of carbonyl (C=O) groups excluding carboxylic acids is 1. The fourth-order valence-corrected chi connectivity index (χ4v) is 5.59. The summed E-state index contributed by atoms with van der Waals surface area (Å²) in [5, 5.41) is 2.90. The van der Waals surface area contributed by atoms with Crippen LogP contribution in [0.25, 0.3) is 0 Å². The molecule has 0 aromatic heterocycles. The predicted octanol–water partition coefficient (Wildman–Crippen LogP) is 2.75. The molecule has 6 nitrogen and oxygen atoms in total. The van der Waals surface area contributed by atoms with E-state index >= 15 is 0 Å². The highest BCUT2D eigenvalue weighted by Crippen LogP contribution is 2.29. The second-order valence-electron chi connectivity index (χ2n) is 8.48. The van der Waals surface area contributed by atoms with E-state index in [4.69, 9.17) is 0 Å². The standard InChI is InChI=1S/C22H37N3O3S/c1-15-8-12-25(13-9-15)14-11-23-21(26)7-10-24-29(27,28)22-19(5)17(3)16(2)18(4)20(22)6/h15,24H,7-14H2,1-6H3,(H,23,26). The molecule has 7 heteroatoms. The minimum absolute atomic E-state index is 0.0975. The van der Waals surface area contributed by atoms with Crippen molar-refractivity contribution < 1.29 is 13.2 Å². The lowest BCUT2D eigenvalue weighted by Gasteiger charge is -2.30. The van der Waals surface area contributed by atoms with Gasteiger partial charge in [-0.05, 0) is 94.3 Å². The van der Waals surface area contributed by atoms with E-state index in [2.05, 4.69) is 21.9 Å². The lowest BCUT2D eigenvalue weighted by molar-refractivity contribution is -0.121. The quantitative estimate of drug-likeness (QED) is 0.674. The van der Waals surface area contributed by atoms with Crippen molar-refractivity contribution in [1.29, 1.82) is 0 Å². The Morgan fingerprint density at radius 2 is 1.45 bits per heavy atom. The van der Waals surface area contributed by atoms with Crippen molar-refractivity contribution in [2.75, 3.05) is 32.7 Å². The number of nitrogens with one attached hydrogen (secondary N) is 2. The lowest BCUT2D eigenvalue weighted by atomic mass is 9.95. The van der Waals surface area contributed by atoms with Gasteiger partial charge in [0.1, 0.15) is 0 Å². The molecule has 1 heterocycles. The molecule has 2 rings (SSSR count). The highest BCUT2D eigenvalue weighted by Gasteiger charge is 2.23. The number of hydrogen-bond acceptors (Lipinski definition) is 4. The largest absolute Gasteiger partial charge is 0.355 e. The third kappa shape index (κ3) is 6.03. The van der Waals surface area contributed by atoms with Crippen molar-refractivity contribution in [2.24, 2.45) is 5.92 Å². The smallest absolute Gasteiger partial charge is 0.241 e. The summed E-state index contributed by atoms with van der Waals surface area (Å²) in [5.74, 6) is 0.671. The van der Waals surface area contributed by atoms with Crippen LogP contribution in [0.2, 0.25) is 0 Å².